The van der Waals surface area contributed by atoms with Crippen LogP contribution in [0, 0.1) is 0 Å². The van der Waals surface area contributed by atoms with Crippen LogP contribution in [-0.4, -0.2) is 31.1 Å². The average Bonchev–Trinajstić information content (AvgIpc) is 2.64. The van der Waals surface area contributed by atoms with Crippen molar-refractivity contribution in [3.8, 4) is 5.75 Å². The van der Waals surface area contributed by atoms with Gasteiger partial charge in [0, 0.05) is 38.3 Å². The molecule has 1 N–H and O–H groups in total. The fraction of sp³-hybridized carbons (Fsp3) is 0.333. The molecule has 0 spiro atoms. The molecule has 0 aliphatic carbocycles. The second kappa shape index (κ2) is 8.67. The Morgan fingerprint density at radius 3 is 2.75 bits per heavy atom. The van der Waals surface area contributed by atoms with Crippen molar-refractivity contribution in [3.05, 3.63) is 77.9 Å². The third-order valence-corrected chi connectivity index (χ3v) is 4.46. The lowest BCUT2D eigenvalue weighted by atomic mass is 10.00. The van der Waals surface area contributed by atoms with Crippen LogP contribution in [0.5, 0.6) is 5.75 Å². The van der Waals surface area contributed by atoms with Gasteiger partial charge in [-0.3, -0.25) is 4.90 Å². The molecule has 0 saturated heterocycles. The summed E-state index contributed by atoms with van der Waals surface area (Å²) in [6, 6.07) is 17.0. The molecule has 24 heavy (non-hydrogen) atoms. The number of nitrogens with one attached hydrogen (secondary N) is 1. The summed E-state index contributed by atoms with van der Waals surface area (Å²) < 4.78 is 5.70. The highest BCUT2D eigenvalue weighted by molar-refractivity contribution is 5.33. The highest BCUT2D eigenvalue weighted by Crippen LogP contribution is 2.19. The SMILES string of the molecule is C=CCOc1ccccc1CNCCN1CCc2ccccc2C1. The van der Waals surface area contributed by atoms with Gasteiger partial charge in [-0.2, -0.15) is 0 Å². The van der Waals surface area contributed by atoms with Crippen LogP contribution in [0.25, 0.3) is 0 Å². The van der Waals surface area contributed by atoms with Gasteiger partial charge in [0.05, 0.1) is 0 Å². The zero-order chi connectivity index (χ0) is 16.6. The van der Waals surface area contributed by atoms with E-state index in [-0.39, 0.29) is 0 Å². The van der Waals surface area contributed by atoms with E-state index in [1.807, 2.05) is 12.1 Å². The van der Waals surface area contributed by atoms with E-state index in [0.29, 0.717) is 6.61 Å². The Morgan fingerprint density at radius 2 is 1.88 bits per heavy atom. The summed E-state index contributed by atoms with van der Waals surface area (Å²) >= 11 is 0. The van der Waals surface area contributed by atoms with Crippen LogP contribution in [0.15, 0.2) is 61.2 Å². The Balaban J connectivity index is 1.44. The van der Waals surface area contributed by atoms with E-state index in [1.54, 1.807) is 6.08 Å². The number of rotatable bonds is 8. The number of nitrogens with zero attached hydrogens (tertiary/aromatic N) is 1. The second-order valence-corrected chi connectivity index (χ2v) is 6.18. The quantitative estimate of drug-likeness (QED) is 0.595. The van der Waals surface area contributed by atoms with Gasteiger partial charge in [0.1, 0.15) is 12.4 Å². The van der Waals surface area contributed by atoms with Crippen molar-refractivity contribution in [1.29, 1.82) is 0 Å². The molecule has 3 nitrogen and oxygen atoms in total. The molecule has 0 aromatic heterocycles. The number of ether oxygens (including phenoxy) is 1. The maximum Gasteiger partial charge on any atom is 0.124 e. The standard InChI is InChI=1S/C21H26N2O/c1-2-15-24-21-10-6-5-8-19(21)16-22-12-14-23-13-11-18-7-3-4-9-20(18)17-23/h2-10,22H,1,11-17H2. The van der Waals surface area contributed by atoms with Crippen LogP contribution in [0.1, 0.15) is 16.7 Å². The first-order chi connectivity index (χ1) is 11.9. The van der Waals surface area contributed by atoms with E-state index in [0.717, 1.165) is 44.9 Å². The van der Waals surface area contributed by atoms with Crippen molar-refractivity contribution in [2.75, 3.05) is 26.2 Å². The van der Waals surface area contributed by atoms with E-state index >= 15 is 0 Å². The monoisotopic (exact) mass is 322 g/mol. The minimum atomic E-state index is 0.546. The molecule has 3 heteroatoms. The number of hydrogen-bond donors (Lipinski definition) is 1. The summed E-state index contributed by atoms with van der Waals surface area (Å²) in [4.78, 5) is 2.52. The molecule has 2 aromatic rings. The van der Waals surface area contributed by atoms with Gasteiger partial charge in [-0.1, -0.05) is 55.1 Å². The highest BCUT2D eigenvalue weighted by atomic mass is 16.5. The maximum absolute atomic E-state index is 5.70. The predicted molar refractivity (Wildman–Crippen MR) is 99.3 cm³/mol. The Bertz CT molecular complexity index is 668. The number of fused-ring (bicyclic) bond motifs is 1. The third-order valence-electron chi connectivity index (χ3n) is 4.46. The Kier molecular flexibility index (Phi) is 6.05. The molecular weight excluding hydrogens is 296 g/mol. The molecule has 2 aromatic carbocycles. The molecule has 3 rings (SSSR count). The van der Waals surface area contributed by atoms with Gasteiger partial charge in [-0.15, -0.1) is 0 Å². The zero-order valence-corrected chi connectivity index (χ0v) is 14.2. The van der Waals surface area contributed by atoms with E-state index in [2.05, 4.69) is 53.2 Å². The molecule has 1 aliphatic rings. The summed E-state index contributed by atoms with van der Waals surface area (Å²) in [7, 11) is 0. The Morgan fingerprint density at radius 1 is 1.08 bits per heavy atom. The molecule has 0 unspecified atom stereocenters. The summed E-state index contributed by atoms with van der Waals surface area (Å²) in [5.74, 6) is 0.941. The minimum absolute atomic E-state index is 0.546. The molecule has 1 aliphatic heterocycles. The van der Waals surface area contributed by atoms with Gasteiger partial charge in [0.2, 0.25) is 0 Å². The van der Waals surface area contributed by atoms with Gasteiger partial charge in [0.25, 0.3) is 0 Å². The van der Waals surface area contributed by atoms with Crippen LogP contribution < -0.4 is 10.1 Å². The van der Waals surface area contributed by atoms with Gasteiger partial charge in [-0.05, 0) is 23.6 Å². The molecular formula is C21H26N2O. The number of para-hydroxylation sites is 1. The lowest BCUT2D eigenvalue weighted by molar-refractivity contribution is 0.253. The lowest BCUT2D eigenvalue weighted by Crippen LogP contribution is -2.36. The van der Waals surface area contributed by atoms with Crippen LogP contribution in [0.3, 0.4) is 0 Å². The molecule has 0 atom stereocenters. The number of benzene rings is 2. The minimum Gasteiger partial charge on any atom is -0.489 e. The summed E-state index contributed by atoms with van der Waals surface area (Å²) in [6.45, 7) is 9.35. The molecule has 0 saturated carbocycles. The van der Waals surface area contributed by atoms with Crippen LogP contribution >= 0.6 is 0 Å². The Labute approximate surface area is 145 Å². The molecule has 0 fully saturated rings. The Hall–Kier alpha value is -2.10. The topological polar surface area (TPSA) is 24.5 Å². The largest absolute Gasteiger partial charge is 0.489 e. The summed E-state index contributed by atoms with van der Waals surface area (Å²) in [5.41, 5.74) is 4.19. The molecule has 126 valence electrons. The van der Waals surface area contributed by atoms with Crippen LogP contribution in [-0.2, 0) is 19.5 Å². The normalized spacial score (nSPS) is 14.2. The zero-order valence-electron chi connectivity index (χ0n) is 14.2. The number of hydrogen-bond acceptors (Lipinski definition) is 3. The van der Waals surface area contributed by atoms with E-state index in [4.69, 9.17) is 4.74 Å². The van der Waals surface area contributed by atoms with Gasteiger partial charge in [0.15, 0.2) is 0 Å². The molecule has 0 radical (unpaired) electrons. The second-order valence-electron chi connectivity index (χ2n) is 6.18. The highest BCUT2D eigenvalue weighted by Gasteiger charge is 2.14. The van der Waals surface area contributed by atoms with Gasteiger partial charge >= 0.3 is 0 Å². The van der Waals surface area contributed by atoms with Crippen molar-refractivity contribution in [3.63, 3.8) is 0 Å². The summed E-state index contributed by atoms with van der Waals surface area (Å²) in [5, 5.41) is 3.54. The van der Waals surface area contributed by atoms with Gasteiger partial charge < -0.3 is 10.1 Å². The molecule has 0 bridgehead atoms. The van der Waals surface area contributed by atoms with Crippen LogP contribution in [0.4, 0.5) is 0 Å². The average molecular weight is 322 g/mol. The lowest BCUT2D eigenvalue weighted by Gasteiger charge is -2.28. The van der Waals surface area contributed by atoms with E-state index in [9.17, 15) is 0 Å². The van der Waals surface area contributed by atoms with E-state index in [1.165, 1.54) is 16.7 Å². The van der Waals surface area contributed by atoms with Crippen molar-refractivity contribution < 1.29 is 4.74 Å². The first-order valence-corrected chi connectivity index (χ1v) is 8.68. The van der Waals surface area contributed by atoms with Crippen molar-refractivity contribution in [2.24, 2.45) is 0 Å². The van der Waals surface area contributed by atoms with Gasteiger partial charge in [-0.25, -0.2) is 0 Å². The predicted octanol–water partition coefficient (Wildman–Crippen LogP) is 3.40. The van der Waals surface area contributed by atoms with Crippen molar-refractivity contribution in [2.45, 2.75) is 19.5 Å². The third kappa shape index (κ3) is 4.47. The molecule has 0 amide bonds. The van der Waals surface area contributed by atoms with Crippen molar-refractivity contribution >= 4 is 0 Å². The van der Waals surface area contributed by atoms with E-state index < -0.39 is 0 Å². The van der Waals surface area contributed by atoms with Crippen molar-refractivity contribution in [1.82, 2.24) is 10.2 Å². The summed E-state index contributed by atoms with van der Waals surface area (Å²) in [6.07, 6.45) is 2.94. The fourth-order valence-corrected chi connectivity index (χ4v) is 3.14. The first-order valence-electron chi connectivity index (χ1n) is 8.68. The smallest absolute Gasteiger partial charge is 0.124 e. The molecule has 1 heterocycles. The fourth-order valence-electron chi connectivity index (χ4n) is 3.14. The van der Waals surface area contributed by atoms with Crippen LogP contribution in [0.2, 0.25) is 0 Å². The maximum atomic E-state index is 5.70. The first kappa shape index (κ1) is 16.7.